The first-order valence-electron chi connectivity index (χ1n) is 6.19. The van der Waals surface area contributed by atoms with E-state index in [2.05, 4.69) is 24.3 Å². The molecule has 6 heteroatoms. The normalized spacial score (nSPS) is 8.77. The fourth-order valence-corrected chi connectivity index (χ4v) is 2.60. The quantitative estimate of drug-likeness (QED) is 0.461. The predicted octanol–water partition coefficient (Wildman–Crippen LogP) is 4.40. The molecular weight excluding hydrogens is 313 g/mol. The van der Waals surface area contributed by atoms with E-state index in [1.54, 1.807) is 11.8 Å². The molecule has 0 aliphatic heterocycles. The van der Waals surface area contributed by atoms with Gasteiger partial charge in [0.15, 0.2) is 0 Å². The van der Waals surface area contributed by atoms with Crippen LogP contribution in [0.5, 0.6) is 5.75 Å². The highest BCUT2D eigenvalue weighted by molar-refractivity contribution is 7.99. The van der Waals surface area contributed by atoms with Gasteiger partial charge >= 0.3 is 5.97 Å². The number of benzene rings is 2. The lowest BCUT2D eigenvalue weighted by molar-refractivity contribution is -0.131. The van der Waals surface area contributed by atoms with Crippen molar-refractivity contribution in [2.24, 2.45) is 0 Å². The fraction of sp³-hybridized carbons (Fsp3) is 0.188. The SMILES string of the molecule is CC(=O)Oc1ccc(SCCc2ccccc2)cc1.F.F.F. The topological polar surface area (TPSA) is 26.3 Å². The van der Waals surface area contributed by atoms with Crippen molar-refractivity contribution in [2.45, 2.75) is 18.2 Å². The molecule has 0 radical (unpaired) electrons. The summed E-state index contributed by atoms with van der Waals surface area (Å²) in [5.41, 5.74) is 1.35. The number of hydrogen-bond acceptors (Lipinski definition) is 3. The molecule has 0 fully saturated rings. The van der Waals surface area contributed by atoms with Crippen molar-refractivity contribution in [3.8, 4) is 5.75 Å². The highest BCUT2D eigenvalue weighted by atomic mass is 32.2. The number of carbonyl (C=O) groups excluding carboxylic acids is 1. The summed E-state index contributed by atoms with van der Waals surface area (Å²) in [6.07, 6.45) is 1.05. The van der Waals surface area contributed by atoms with E-state index in [4.69, 9.17) is 4.74 Å². The first-order valence-corrected chi connectivity index (χ1v) is 7.18. The van der Waals surface area contributed by atoms with Crippen LogP contribution in [0.1, 0.15) is 12.5 Å². The highest BCUT2D eigenvalue weighted by Gasteiger charge is 1.99. The van der Waals surface area contributed by atoms with Crippen LogP contribution in [0.15, 0.2) is 59.5 Å². The minimum atomic E-state index is -0.288. The second-order valence-corrected chi connectivity index (χ2v) is 5.32. The van der Waals surface area contributed by atoms with Crippen LogP contribution in [0.4, 0.5) is 14.1 Å². The standard InChI is InChI=1S/C16H16O2S.3FH/c1-13(17)18-15-7-9-16(10-8-15)19-12-11-14-5-3-2-4-6-14;;;/h2-10H,11-12H2,1H3;3*1H. The molecule has 2 rings (SSSR count). The van der Waals surface area contributed by atoms with Crippen LogP contribution in [0.2, 0.25) is 0 Å². The molecule has 2 aromatic rings. The third kappa shape index (κ3) is 7.73. The number of esters is 1. The molecule has 0 aromatic heterocycles. The van der Waals surface area contributed by atoms with Crippen molar-refractivity contribution >= 4 is 17.7 Å². The van der Waals surface area contributed by atoms with Gasteiger partial charge in [0, 0.05) is 17.6 Å². The van der Waals surface area contributed by atoms with Gasteiger partial charge in [0.05, 0.1) is 0 Å². The third-order valence-electron chi connectivity index (χ3n) is 2.59. The zero-order chi connectivity index (χ0) is 13.5. The summed E-state index contributed by atoms with van der Waals surface area (Å²) in [7, 11) is 0. The van der Waals surface area contributed by atoms with E-state index in [9.17, 15) is 4.79 Å². The Bertz CT molecular complexity index is 533. The van der Waals surface area contributed by atoms with Gasteiger partial charge in [-0.3, -0.25) is 18.9 Å². The number of hydrogen-bond donors (Lipinski definition) is 0. The first kappa shape index (κ1) is 22.3. The Morgan fingerprint density at radius 3 is 2.09 bits per heavy atom. The maximum atomic E-state index is 10.8. The molecule has 2 nitrogen and oxygen atoms in total. The molecule has 0 saturated heterocycles. The molecule has 122 valence electrons. The molecule has 0 atom stereocenters. The Kier molecular flexibility index (Phi) is 11.9. The molecule has 0 heterocycles. The lowest BCUT2D eigenvalue weighted by Crippen LogP contribution is -2.00. The fourth-order valence-electron chi connectivity index (χ4n) is 1.70. The summed E-state index contributed by atoms with van der Waals surface area (Å²) < 4.78 is 4.99. The van der Waals surface area contributed by atoms with Crippen molar-refractivity contribution in [1.29, 1.82) is 0 Å². The molecule has 0 unspecified atom stereocenters. The van der Waals surface area contributed by atoms with E-state index in [0.717, 1.165) is 12.2 Å². The molecule has 0 aliphatic rings. The van der Waals surface area contributed by atoms with Crippen LogP contribution in [-0.4, -0.2) is 11.7 Å². The lowest BCUT2D eigenvalue weighted by Gasteiger charge is -2.04. The summed E-state index contributed by atoms with van der Waals surface area (Å²) in [6, 6.07) is 18.1. The monoisotopic (exact) mass is 332 g/mol. The first-order chi connectivity index (χ1) is 9.24. The van der Waals surface area contributed by atoms with Gasteiger partial charge in [0.25, 0.3) is 0 Å². The highest BCUT2D eigenvalue weighted by Crippen LogP contribution is 2.22. The van der Waals surface area contributed by atoms with Gasteiger partial charge in [0.1, 0.15) is 5.75 Å². The Hall–Kier alpha value is -1.95. The minimum Gasteiger partial charge on any atom is -0.427 e. The molecule has 0 aliphatic carbocycles. The maximum absolute atomic E-state index is 10.8. The Balaban J connectivity index is 0. The van der Waals surface area contributed by atoms with E-state index in [1.165, 1.54) is 17.4 Å². The molecule has 0 N–H and O–H groups in total. The van der Waals surface area contributed by atoms with Crippen molar-refractivity contribution in [3.05, 3.63) is 60.2 Å². The number of halogens is 3. The van der Waals surface area contributed by atoms with Gasteiger partial charge < -0.3 is 4.74 Å². The van der Waals surface area contributed by atoms with E-state index in [1.807, 2.05) is 30.3 Å². The molecule has 2 aromatic carbocycles. The number of aryl methyl sites for hydroxylation is 1. The van der Waals surface area contributed by atoms with Crippen molar-refractivity contribution in [3.63, 3.8) is 0 Å². The number of thioether (sulfide) groups is 1. The smallest absolute Gasteiger partial charge is 0.308 e. The van der Waals surface area contributed by atoms with Gasteiger partial charge in [0.2, 0.25) is 0 Å². The average molecular weight is 332 g/mol. The number of rotatable bonds is 5. The van der Waals surface area contributed by atoms with Crippen LogP contribution in [0, 0.1) is 0 Å². The summed E-state index contributed by atoms with van der Waals surface area (Å²) in [5, 5.41) is 0. The second-order valence-electron chi connectivity index (χ2n) is 4.15. The van der Waals surface area contributed by atoms with E-state index < -0.39 is 0 Å². The number of ether oxygens (including phenoxy) is 1. The minimum absolute atomic E-state index is 0. The predicted molar refractivity (Wildman–Crippen MR) is 86.1 cm³/mol. The Labute approximate surface area is 132 Å². The van der Waals surface area contributed by atoms with Gasteiger partial charge in [-0.05, 0) is 36.2 Å². The Morgan fingerprint density at radius 2 is 1.55 bits per heavy atom. The molecule has 0 amide bonds. The summed E-state index contributed by atoms with van der Waals surface area (Å²) >= 11 is 1.80. The van der Waals surface area contributed by atoms with Gasteiger partial charge in [-0.2, -0.15) is 0 Å². The van der Waals surface area contributed by atoms with E-state index in [-0.39, 0.29) is 20.1 Å². The van der Waals surface area contributed by atoms with Crippen molar-refractivity contribution in [1.82, 2.24) is 0 Å². The van der Waals surface area contributed by atoms with Gasteiger partial charge in [-0.15, -0.1) is 11.8 Å². The number of carbonyl (C=O) groups is 1. The zero-order valence-corrected chi connectivity index (χ0v) is 12.9. The third-order valence-corrected chi connectivity index (χ3v) is 3.60. The van der Waals surface area contributed by atoms with Crippen molar-refractivity contribution in [2.75, 3.05) is 5.75 Å². The van der Waals surface area contributed by atoms with Crippen LogP contribution in [0.3, 0.4) is 0 Å². The van der Waals surface area contributed by atoms with Gasteiger partial charge in [-0.1, -0.05) is 30.3 Å². The van der Waals surface area contributed by atoms with E-state index in [0.29, 0.717) is 5.75 Å². The molecule has 0 bridgehead atoms. The lowest BCUT2D eigenvalue weighted by atomic mass is 10.2. The van der Waals surface area contributed by atoms with Crippen LogP contribution in [0.25, 0.3) is 0 Å². The molecule has 0 spiro atoms. The summed E-state index contributed by atoms with van der Waals surface area (Å²) in [5.74, 6) is 1.35. The molecule has 0 saturated carbocycles. The second kappa shape index (κ2) is 11.7. The summed E-state index contributed by atoms with van der Waals surface area (Å²) in [6.45, 7) is 1.41. The van der Waals surface area contributed by atoms with Crippen LogP contribution >= 0.6 is 11.8 Å². The van der Waals surface area contributed by atoms with Crippen LogP contribution in [-0.2, 0) is 11.2 Å². The largest absolute Gasteiger partial charge is 0.427 e. The molecule has 22 heavy (non-hydrogen) atoms. The Morgan fingerprint density at radius 1 is 0.955 bits per heavy atom. The van der Waals surface area contributed by atoms with Gasteiger partial charge in [-0.25, -0.2) is 0 Å². The molecular formula is C16H19F3O2S. The van der Waals surface area contributed by atoms with Crippen LogP contribution < -0.4 is 4.74 Å². The maximum Gasteiger partial charge on any atom is 0.308 e. The summed E-state index contributed by atoms with van der Waals surface area (Å²) in [4.78, 5) is 12.0. The van der Waals surface area contributed by atoms with E-state index >= 15 is 0 Å². The average Bonchev–Trinajstić information content (AvgIpc) is 2.41. The zero-order valence-electron chi connectivity index (χ0n) is 12.1. The van der Waals surface area contributed by atoms with Crippen molar-refractivity contribution < 1.29 is 23.6 Å².